The molecule has 6 nitrogen and oxygen atoms in total. The molecule has 0 aliphatic heterocycles. The van der Waals surface area contributed by atoms with Crippen LogP contribution in [0.5, 0.6) is 0 Å². The van der Waals surface area contributed by atoms with Crippen LogP contribution in [0.3, 0.4) is 0 Å². The van der Waals surface area contributed by atoms with Crippen LogP contribution in [0, 0.1) is 13.8 Å². The second-order valence-corrected chi connectivity index (χ2v) is 6.16. The zero-order chi connectivity index (χ0) is 17.8. The van der Waals surface area contributed by atoms with E-state index in [0.717, 1.165) is 22.4 Å². The average Bonchev–Trinajstić information content (AvgIpc) is 3.01. The molecule has 0 bridgehead atoms. The van der Waals surface area contributed by atoms with Gasteiger partial charge in [-0.25, -0.2) is 4.99 Å². The van der Waals surface area contributed by atoms with Crippen LogP contribution in [0.4, 0.5) is 5.69 Å². The van der Waals surface area contributed by atoms with Crippen molar-refractivity contribution in [1.29, 1.82) is 0 Å². The molecule has 0 unspecified atom stereocenters. The molecule has 0 saturated carbocycles. The van der Waals surface area contributed by atoms with Crippen LogP contribution in [0.1, 0.15) is 17.0 Å². The Morgan fingerprint density at radius 2 is 1.92 bits per heavy atom. The topological polar surface area (TPSA) is 89.3 Å². The Balaban J connectivity index is 0.00000243. The van der Waals surface area contributed by atoms with Gasteiger partial charge in [0.05, 0.1) is 0 Å². The molecule has 0 aliphatic carbocycles. The largest absolute Gasteiger partial charge is 0.370 e. The Kier molecular flexibility index (Phi) is 6.98. The minimum Gasteiger partial charge on any atom is -0.370 e. The minimum atomic E-state index is 0. The summed E-state index contributed by atoms with van der Waals surface area (Å²) in [6.45, 7) is 4.25. The minimum absolute atomic E-state index is 0. The van der Waals surface area contributed by atoms with Gasteiger partial charge in [-0.05, 0) is 49.2 Å². The van der Waals surface area contributed by atoms with Gasteiger partial charge in [0.25, 0.3) is 0 Å². The predicted octanol–water partition coefficient (Wildman–Crippen LogP) is 4.55. The molecule has 1 aromatic heterocycles. The van der Waals surface area contributed by atoms with E-state index in [0.29, 0.717) is 16.7 Å². The van der Waals surface area contributed by atoms with Crippen LogP contribution >= 0.6 is 35.6 Å². The first kappa shape index (κ1) is 20.2. The molecule has 0 radical (unpaired) electrons. The van der Waals surface area contributed by atoms with Crippen LogP contribution in [-0.4, -0.2) is 16.1 Å². The molecule has 0 aliphatic rings. The molecule has 26 heavy (non-hydrogen) atoms. The summed E-state index contributed by atoms with van der Waals surface area (Å²) in [5, 5.41) is 7.61. The van der Waals surface area contributed by atoms with Gasteiger partial charge in [0.2, 0.25) is 11.7 Å². The number of aliphatic imine (C=N–C) groups is 1. The number of benzene rings is 2. The Morgan fingerprint density at radius 3 is 2.62 bits per heavy atom. The third-order valence-electron chi connectivity index (χ3n) is 3.43. The molecule has 8 heteroatoms. The number of aromatic nitrogens is 2. The number of aryl methyl sites for hydroxylation is 2. The number of halogens is 2. The number of hydrogen-bond acceptors (Lipinski definition) is 4. The predicted molar refractivity (Wildman–Crippen MR) is 115 cm³/mol. The molecule has 3 N–H and O–H groups in total. The van der Waals surface area contributed by atoms with E-state index in [1.807, 2.05) is 38.1 Å². The maximum atomic E-state index is 5.97. The van der Waals surface area contributed by atoms with Gasteiger partial charge in [-0.15, -0.1) is 24.0 Å². The van der Waals surface area contributed by atoms with Crippen molar-refractivity contribution in [3.8, 4) is 11.4 Å². The third-order valence-corrected chi connectivity index (χ3v) is 3.66. The summed E-state index contributed by atoms with van der Waals surface area (Å²) in [6, 6.07) is 13.3. The van der Waals surface area contributed by atoms with Crippen LogP contribution in [0.25, 0.3) is 11.4 Å². The summed E-state index contributed by atoms with van der Waals surface area (Å²) in [5.74, 6) is 1.13. The van der Waals surface area contributed by atoms with Gasteiger partial charge < -0.3 is 15.6 Å². The normalized spacial score (nSPS) is 11.1. The summed E-state index contributed by atoms with van der Waals surface area (Å²) in [6.07, 6.45) is 0. The second kappa shape index (κ2) is 9.00. The highest BCUT2D eigenvalue weighted by Crippen LogP contribution is 2.20. The quantitative estimate of drug-likeness (QED) is 0.323. The van der Waals surface area contributed by atoms with Crippen LogP contribution in [-0.2, 0) is 6.54 Å². The monoisotopic (exact) mass is 483 g/mol. The van der Waals surface area contributed by atoms with Crippen molar-refractivity contribution in [3.05, 3.63) is 64.5 Å². The van der Waals surface area contributed by atoms with E-state index in [2.05, 4.69) is 26.5 Å². The summed E-state index contributed by atoms with van der Waals surface area (Å²) < 4.78 is 5.20. The lowest BCUT2D eigenvalue weighted by atomic mass is 10.1. The van der Waals surface area contributed by atoms with Gasteiger partial charge in [0.15, 0.2) is 5.96 Å². The van der Waals surface area contributed by atoms with Gasteiger partial charge in [-0.3, -0.25) is 0 Å². The lowest BCUT2D eigenvalue weighted by Gasteiger charge is -2.07. The van der Waals surface area contributed by atoms with E-state index < -0.39 is 0 Å². The molecular weight excluding hydrogens is 465 g/mol. The first-order chi connectivity index (χ1) is 12.0. The number of nitrogens with two attached hydrogens (primary N) is 1. The fourth-order valence-corrected chi connectivity index (χ4v) is 2.64. The maximum Gasteiger partial charge on any atom is 0.248 e. The summed E-state index contributed by atoms with van der Waals surface area (Å²) in [4.78, 5) is 8.54. The number of hydrogen-bond donors (Lipinski definition) is 2. The van der Waals surface area contributed by atoms with Crippen molar-refractivity contribution in [2.24, 2.45) is 10.7 Å². The van der Waals surface area contributed by atoms with Gasteiger partial charge in [-0.1, -0.05) is 35.0 Å². The van der Waals surface area contributed by atoms with E-state index in [-0.39, 0.29) is 36.5 Å². The Labute approximate surface area is 173 Å². The lowest BCUT2D eigenvalue weighted by Crippen LogP contribution is -2.22. The molecule has 0 amide bonds. The molecule has 0 saturated heterocycles. The van der Waals surface area contributed by atoms with Crippen molar-refractivity contribution in [1.82, 2.24) is 10.1 Å². The van der Waals surface area contributed by atoms with E-state index >= 15 is 0 Å². The summed E-state index contributed by atoms with van der Waals surface area (Å²) in [7, 11) is 0. The zero-order valence-electron chi connectivity index (χ0n) is 14.4. The lowest BCUT2D eigenvalue weighted by molar-refractivity contribution is 0.381. The van der Waals surface area contributed by atoms with E-state index in [4.69, 9.17) is 21.9 Å². The summed E-state index contributed by atoms with van der Waals surface area (Å²) in [5.41, 5.74) is 9.90. The van der Waals surface area contributed by atoms with Gasteiger partial charge in [0.1, 0.15) is 6.54 Å². The van der Waals surface area contributed by atoms with Crippen LogP contribution in [0.15, 0.2) is 52.0 Å². The fraction of sp³-hybridized carbons (Fsp3) is 0.167. The molecule has 0 atom stereocenters. The molecule has 0 fully saturated rings. The SMILES string of the molecule is Cc1cc(C)cc(NC(N)=NCc2nc(-c3cccc(Cl)c3)no2)c1.I. The summed E-state index contributed by atoms with van der Waals surface area (Å²) >= 11 is 5.97. The highest BCUT2D eigenvalue weighted by Gasteiger charge is 2.08. The Morgan fingerprint density at radius 1 is 1.19 bits per heavy atom. The number of rotatable bonds is 4. The smallest absolute Gasteiger partial charge is 0.248 e. The number of nitrogens with one attached hydrogen (secondary N) is 1. The molecule has 2 aromatic carbocycles. The molecule has 0 spiro atoms. The van der Waals surface area contributed by atoms with Crippen molar-refractivity contribution in [2.45, 2.75) is 20.4 Å². The van der Waals surface area contributed by atoms with Gasteiger partial charge >= 0.3 is 0 Å². The van der Waals surface area contributed by atoms with Crippen LogP contribution < -0.4 is 11.1 Å². The Hall–Kier alpha value is -2.13. The molecule has 1 heterocycles. The standard InChI is InChI=1S/C18H18ClN5O.HI/c1-11-6-12(2)8-15(7-11)22-18(20)21-10-16-23-17(24-25-16)13-4-3-5-14(19)9-13;/h3-9H,10H2,1-2H3,(H3,20,21,22);1H. The Bertz CT molecular complexity index is 905. The van der Waals surface area contributed by atoms with Crippen molar-refractivity contribution >= 4 is 47.2 Å². The van der Waals surface area contributed by atoms with E-state index in [1.54, 1.807) is 12.1 Å². The second-order valence-electron chi connectivity index (χ2n) is 5.72. The average molecular weight is 484 g/mol. The highest BCUT2D eigenvalue weighted by atomic mass is 127. The van der Waals surface area contributed by atoms with E-state index in [9.17, 15) is 0 Å². The van der Waals surface area contributed by atoms with Gasteiger partial charge in [-0.2, -0.15) is 4.98 Å². The number of anilines is 1. The van der Waals surface area contributed by atoms with Crippen molar-refractivity contribution < 1.29 is 4.52 Å². The third kappa shape index (κ3) is 5.43. The van der Waals surface area contributed by atoms with Crippen LogP contribution in [0.2, 0.25) is 5.02 Å². The maximum absolute atomic E-state index is 5.97. The molecule has 3 aromatic rings. The fourth-order valence-electron chi connectivity index (χ4n) is 2.45. The number of guanidine groups is 1. The van der Waals surface area contributed by atoms with Gasteiger partial charge in [0, 0.05) is 16.3 Å². The molecule has 136 valence electrons. The molecular formula is C18H19ClIN5O. The van der Waals surface area contributed by atoms with E-state index in [1.165, 1.54) is 0 Å². The first-order valence-corrected chi connectivity index (χ1v) is 8.11. The highest BCUT2D eigenvalue weighted by molar-refractivity contribution is 14.0. The van der Waals surface area contributed by atoms with Crippen molar-refractivity contribution in [3.63, 3.8) is 0 Å². The first-order valence-electron chi connectivity index (χ1n) is 7.73. The number of nitrogens with zero attached hydrogens (tertiary/aromatic N) is 3. The van der Waals surface area contributed by atoms with Crippen molar-refractivity contribution in [2.75, 3.05) is 5.32 Å². The molecule has 3 rings (SSSR count). The zero-order valence-corrected chi connectivity index (χ0v) is 17.4.